The van der Waals surface area contributed by atoms with Crippen molar-refractivity contribution in [1.82, 2.24) is 10.2 Å². The molecule has 0 amide bonds. The fraction of sp³-hybridized carbons (Fsp3) is 0.778. The lowest BCUT2D eigenvalue weighted by Gasteiger charge is -2.25. The predicted molar refractivity (Wildman–Crippen MR) is 50.9 cm³/mol. The molecule has 2 rings (SSSR count). The first-order valence-electron chi connectivity index (χ1n) is 4.99. The summed E-state index contributed by atoms with van der Waals surface area (Å²) < 4.78 is 5.21. The summed E-state index contributed by atoms with van der Waals surface area (Å²) in [5.41, 5.74) is 0. The number of nitrogens with zero attached hydrogens (tertiary/aromatic N) is 2. The highest BCUT2D eigenvalue weighted by Crippen LogP contribution is 2.21. The number of aliphatic hydroxyl groups is 1. The van der Waals surface area contributed by atoms with Crippen LogP contribution in [0.5, 0.6) is 0 Å². The molecule has 78 valence electrons. The molecule has 5 nitrogen and oxygen atoms in total. The van der Waals surface area contributed by atoms with Gasteiger partial charge in [-0.2, -0.15) is 0 Å². The SMILES string of the molecule is Cc1nnc(NC2CCCC(O)C2)o1. The molecular formula is C9H15N3O2. The van der Waals surface area contributed by atoms with Crippen LogP contribution in [0.15, 0.2) is 4.42 Å². The van der Waals surface area contributed by atoms with Gasteiger partial charge in [0.25, 0.3) is 0 Å². The number of hydrogen-bond donors (Lipinski definition) is 2. The van der Waals surface area contributed by atoms with Crippen molar-refractivity contribution in [2.75, 3.05) is 5.32 Å². The normalized spacial score (nSPS) is 27.6. The number of aliphatic hydroxyl groups excluding tert-OH is 1. The fourth-order valence-electron chi connectivity index (χ4n) is 1.82. The van der Waals surface area contributed by atoms with E-state index in [1.807, 2.05) is 0 Å². The summed E-state index contributed by atoms with van der Waals surface area (Å²) in [4.78, 5) is 0. The molecule has 2 unspecified atom stereocenters. The Bertz CT molecular complexity index is 300. The van der Waals surface area contributed by atoms with E-state index in [1.54, 1.807) is 6.92 Å². The Balaban J connectivity index is 1.90. The van der Waals surface area contributed by atoms with E-state index in [0.29, 0.717) is 11.9 Å². The maximum Gasteiger partial charge on any atom is 0.315 e. The summed E-state index contributed by atoms with van der Waals surface area (Å²) in [6.07, 6.45) is 3.58. The zero-order valence-electron chi connectivity index (χ0n) is 8.23. The largest absolute Gasteiger partial charge is 0.408 e. The van der Waals surface area contributed by atoms with Gasteiger partial charge in [-0.3, -0.25) is 0 Å². The van der Waals surface area contributed by atoms with Gasteiger partial charge in [-0.15, -0.1) is 5.10 Å². The third-order valence-corrected chi connectivity index (χ3v) is 2.50. The van der Waals surface area contributed by atoms with Gasteiger partial charge in [-0.05, 0) is 25.7 Å². The number of hydrogen-bond acceptors (Lipinski definition) is 5. The molecule has 1 aliphatic rings. The molecule has 0 saturated heterocycles. The first-order valence-corrected chi connectivity index (χ1v) is 4.99. The van der Waals surface area contributed by atoms with Crippen LogP contribution in [0.2, 0.25) is 0 Å². The summed E-state index contributed by atoms with van der Waals surface area (Å²) >= 11 is 0. The smallest absolute Gasteiger partial charge is 0.315 e. The lowest BCUT2D eigenvalue weighted by molar-refractivity contribution is 0.124. The molecule has 1 aliphatic carbocycles. The molecular weight excluding hydrogens is 182 g/mol. The molecule has 1 heterocycles. The third-order valence-electron chi connectivity index (χ3n) is 2.50. The Morgan fingerprint density at radius 1 is 1.43 bits per heavy atom. The van der Waals surface area contributed by atoms with Crippen molar-refractivity contribution in [2.24, 2.45) is 0 Å². The van der Waals surface area contributed by atoms with Crippen LogP contribution in [0, 0.1) is 6.92 Å². The van der Waals surface area contributed by atoms with Crippen LogP contribution in [-0.4, -0.2) is 27.4 Å². The van der Waals surface area contributed by atoms with Crippen molar-refractivity contribution in [3.05, 3.63) is 5.89 Å². The van der Waals surface area contributed by atoms with Crippen molar-refractivity contribution >= 4 is 6.01 Å². The van der Waals surface area contributed by atoms with Crippen LogP contribution < -0.4 is 5.32 Å². The molecule has 1 fully saturated rings. The zero-order chi connectivity index (χ0) is 9.97. The van der Waals surface area contributed by atoms with Crippen LogP contribution in [0.25, 0.3) is 0 Å². The Labute approximate surface area is 82.5 Å². The van der Waals surface area contributed by atoms with Gasteiger partial charge in [-0.1, -0.05) is 5.10 Å². The monoisotopic (exact) mass is 197 g/mol. The molecule has 1 aromatic heterocycles. The maximum atomic E-state index is 9.46. The van der Waals surface area contributed by atoms with Gasteiger partial charge in [0.2, 0.25) is 5.89 Å². The molecule has 0 spiro atoms. The highest BCUT2D eigenvalue weighted by atomic mass is 16.4. The Morgan fingerprint density at radius 2 is 2.29 bits per heavy atom. The average Bonchev–Trinajstić information content (AvgIpc) is 2.51. The molecule has 0 radical (unpaired) electrons. The van der Waals surface area contributed by atoms with Crippen LogP contribution in [-0.2, 0) is 0 Å². The number of nitrogens with one attached hydrogen (secondary N) is 1. The van der Waals surface area contributed by atoms with Gasteiger partial charge in [0.15, 0.2) is 0 Å². The van der Waals surface area contributed by atoms with E-state index in [1.165, 1.54) is 0 Å². The minimum absolute atomic E-state index is 0.190. The minimum Gasteiger partial charge on any atom is -0.408 e. The molecule has 0 bridgehead atoms. The summed E-state index contributed by atoms with van der Waals surface area (Å²) in [5.74, 6) is 0.559. The topological polar surface area (TPSA) is 71.2 Å². The van der Waals surface area contributed by atoms with E-state index < -0.39 is 0 Å². The predicted octanol–water partition coefficient (Wildman–Crippen LogP) is 1.09. The van der Waals surface area contributed by atoms with E-state index in [-0.39, 0.29) is 12.1 Å². The van der Waals surface area contributed by atoms with E-state index in [0.717, 1.165) is 25.7 Å². The highest BCUT2D eigenvalue weighted by Gasteiger charge is 2.21. The average molecular weight is 197 g/mol. The molecule has 5 heteroatoms. The van der Waals surface area contributed by atoms with E-state index in [4.69, 9.17) is 4.42 Å². The summed E-state index contributed by atoms with van der Waals surface area (Å²) in [6.45, 7) is 1.76. The Morgan fingerprint density at radius 3 is 2.93 bits per heavy atom. The Hall–Kier alpha value is -1.10. The summed E-state index contributed by atoms with van der Waals surface area (Å²) in [7, 11) is 0. The summed E-state index contributed by atoms with van der Waals surface area (Å²) in [6, 6.07) is 0.722. The van der Waals surface area contributed by atoms with E-state index in [2.05, 4.69) is 15.5 Å². The van der Waals surface area contributed by atoms with Gasteiger partial charge in [0.1, 0.15) is 0 Å². The van der Waals surface area contributed by atoms with Gasteiger partial charge in [-0.25, -0.2) is 0 Å². The quantitative estimate of drug-likeness (QED) is 0.742. The second-order valence-corrected chi connectivity index (χ2v) is 3.79. The van der Waals surface area contributed by atoms with Gasteiger partial charge in [0.05, 0.1) is 6.10 Å². The molecule has 2 N–H and O–H groups in total. The van der Waals surface area contributed by atoms with Gasteiger partial charge in [0, 0.05) is 13.0 Å². The maximum absolute atomic E-state index is 9.46. The second kappa shape index (κ2) is 3.96. The standard InChI is InChI=1S/C9H15N3O2/c1-6-11-12-9(14-6)10-7-3-2-4-8(13)5-7/h7-8,13H,2-5H2,1H3,(H,10,12). The molecule has 1 saturated carbocycles. The van der Waals surface area contributed by atoms with Gasteiger partial charge >= 0.3 is 6.01 Å². The number of anilines is 1. The number of aromatic nitrogens is 2. The molecule has 0 aromatic carbocycles. The number of rotatable bonds is 2. The van der Waals surface area contributed by atoms with E-state index in [9.17, 15) is 5.11 Å². The van der Waals surface area contributed by atoms with Crippen LogP contribution in [0.1, 0.15) is 31.6 Å². The van der Waals surface area contributed by atoms with Crippen molar-refractivity contribution in [3.63, 3.8) is 0 Å². The lowest BCUT2D eigenvalue weighted by atomic mass is 9.93. The van der Waals surface area contributed by atoms with E-state index >= 15 is 0 Å². The Kier molecular flexibility index (Phi) is 2.67. The second-order valence-electron chi connectivity index (χ2n) is 3.79. The third kappa shape index (κ3) is 2.23. The van der Waals surface area contributed by atoms with Crippen molar-refractivity contribution in [1.29, 1.82) is 0 Å². The van der Waals surface area contributed by atoms with Crippen molar-refractivity contribution in [3.8, 4) is 0 Å². The van der Waals surface area contributed by atoms with Crippen LogP contribution in [0.3, 0.4) is 0 Å². The minimum atomic E-state index is -0.190. The van der Waals surface area contributed by atoms with Gasteiger partial charge < -0.3 is 14.8 Å². The lowest BCUT2D eigenvalue weighted by Crippen LogP contribution is -2.29. The first-order chi connectivity index (χ1) is 6.74. The molecule has 0 aliphatic heterocycles. The molecule has 2 atom stereocenters. The van der Waals surface area contributed by atoms with Crippen LogP contribution >= 0.6 is 0 Å². The summed E-state index contributed by atoms with van der Waals surface area (Å²) in [5, 5.41) is 20.2. The van der Waals surface area contributed by atoms with Crippen LogP contribution in [0.4, 0.5) is 6.01 Å². The molecule has 1 aromatic rings. The highest BCUT2D eigenvalue weighted by molar-refractivity contribution is 5.19. The van der Waals surface area contributed by atoms with Crippen molar-refractivity contribution < 1.29 is 9.52 Å². The first kappa shape index (κ1) is 9.45. The number of aryl methyl sites for hydroxylation is 1. The zero-order valence-corrected chi connectivity index (χ0v) is 8.23. The fourth-order valence-corrected chi connectivity index (χ4v) is 1.82. The van der Waals surface area contributed by atoms with Crippen molar-refractivity contribution in [2.45, 2.75) is 44.8 Å². The molecule has 14 heavy (non-hydrogen) atoms.